The molecular formula is C24H28N2O7. The molecule has 0 saturated heterocycles. The van der Waals surface area contributed by atoms with Gasteiger partial charge in [-0.15, -0.1) is 0 Å². The number of nitrogens with one attached hydrogen (secondary N) is 2. The predicted molar refractivity (Wildman–Crippen MR) is 120 cm³/mol. The highest BCUT2D eigenvalue weighted by atomic mass is 16.5. The minimum absolute atomic E-state index is 0.0727. The van der Waals surface area contributed by atoms with E-state index in [1.165, 1.54) is 7.11 Å². The Morgan fingerprint density at radius 1 is 1.06 bits per heavy atom. The molecule has 0 radical (unpaired) electrons. The summed E-state index contributed by atoms with van der Waals surface area (Å²) in [5, 5.41) is 23.6. The van der Waals surface area contributed by atoms with Crippen LogP contribution >= 0.6 is 0 Å². The number of methoxy groups -OCH3 is 1. The number of rotatable bonds is 9. The molecule has 0 spiro atoms. The second-order valence-corrected chi connectivity index (χ2v) is 8.19. The lowest BCUT2D eigenvalue weighted by Gasteiger charge is -2.25. The van der Waals surface area contributed by atoms with Gasteiger partial charge in [-0.3, -0.25) is 4.79 Å². The summed E-state index contributed by atoms with van der Waals surface area (Å²) < 4.78 is 10.6. The Hall–Kier alpha value is -3.43. The Morgan fingerprint density at radius 3 is 2.12 bits per heavy atom. The molecule has 1 aliphatic carbocycles. The number of carbonyl (C=O) groups excluding carboxylic acids is 2. The summed E-state index contributed by atoms with van der Waals surface area (Å²) in [6.45, 7) is 2.16. The fourth-order valence-corrected chi connectivity index (χ4v) is 3.74. The smallest absolute Gasteiger partial charge is 0.407 e. The SMILES string of the molecule is COC(C)C(NC(=O)OCC1c2ccccc2-c2ccccc21)C(=O)NCC(C)(O)C(=O)O. The third-order valence-corrected chi connectivity index (χ3v) is 5.81. The fraction of sp³-hybridized carbons (Fsp3) is 0.375. The Labute approximate surface area is 191 Å². The lowest BCUT2D eigenvalue weighted by molar-refractivity contribution is -0.156. The van der Waals surface area contributed by atoms with Crippen LogP contribution in [0.25, 0.3) is 11.1 Å². The van der Waals surface area contributed by atoms with Crippen LogP contribution in [0.15, 0.2) is 48.5 Å². The molecule has 3 unspecified atom stereocenters. The molecule has 2 amide bonds. The number of carboxylic acid groups (broad SMARTS) is 1. The van der Waals surface area contributed by atoms with Gasteiger partial charge in [0.1, 0.15) is 12.6 Å². The first-order valence-electron chi connectivity index (χ1n) is 10.5. The van der Waals surface area contributed by atoms with Crippen LogP contribution < -0.4 is 10.6 Å². The molecular weight excluding hydrogens is 428 g/mol. The van der Waals surface area contributed by atoms with Gasteiger partial charge in [0.15, 0.2) is 5.60 Å². The van der Waals surface area contributed by atoms with Gasteiger partial charge >= 0.3 is 12.1 Å². The highest BCUT2D eigenvalue weighted by Gasteiger charge is 2.34. The molecule has 9 heteroatoms. The van der Waals surface area contributed by atoms with Crippen molar-refractivity contribution in [3.8, 4) is 11.1 Å². The van der Waals surface area contributed by atoms with E-state index in [1.54, 1.807) is 6.92 Å². The number of ether oxygens (including phenoxy) is 2. The normalized spacial score (nSPS) is 16.0. The zero-order valence-corrected chi connectivity index (χ0v) is 18.7. The summed E-state index contributed by atoms with van der Waals surface area (Å²) in [6.07, 6.45) is -1.55. The lowest BCUT2D eigenvalue weighted by Crippen LogP contribution is -2.56. The molecule has 3 atom stereocenters. The third-order valence-electron chi connectivity index (χ3n) is 5.81. The van der Waals surface area contributed by atoms with Crippen molar-refractivity contribution in [3.63, 3.8) is 0 Å². The van der Waals surface area contributed by atoms with Gasteiger partial charge in [0.25, 0.3) is 0 Å². The van der Waals surface area contributed by atoms with Crippen molar-refractivity contribution < 1.29 is 34.1 Å². The minimum atomic E-state index is -2.15. The Kier molecular flexibility index (Phi) is 7.35. The van der Waals surface area contributed by atoms with Crippen molar-refractivity contribution >= 4 is 18.0 Å². The van der Waals surface area contributed by atoms with Crippen molar-refractivity contribution in [1.82, 2.24) is 10.6 Å². The second kappa shape index (κ2) is 10.0. The Morgan fingerprint density at radius 2 is 1.61 bits per heavy atom. The fourth-order valence-electron chi connectivity index (χ4n) is 3.74. The van der Waals surface area contributed by atoms with Gasteiger partial charge in [0.2, 0.25) is 5.91 Å². The monoisotopic (exact) mass is 456 g/mol. The number of benzene rings is 2. The minimum Gasteiger partial charge on any atom is -0.479 e. The molecule has 0 heterocycles. The van der Waals surface area contributed by atoms with Crippen LogP contribution in [0, 0.1) is 0 Å². The zero-order valence-electron chi connectivity index (χ0n) is 18.7. The summed E-state index contributed by atoms with van der Waals surface area (Å²) in [6, 6.07) is 14.7. The molecule has 9 nitrogen and oxygen atoms in total. The second-order valence-electron chi connectivity index (χ2n) is 8.19. The highest BCUT2D eigenvalue weighted by molar-refractivity contribution is 5.87. The van der Waals surface area contributed by atoms with E-state index in [1.807, 2.05) is 48.5 Å². The first-order valence-corrected chi connectivity index (χ1v) is 10.5. The topological polar surface area (TPSA) is 134 Å². The largest absolute Gasteiger partial charge is 0.479 e. The van der Waals surface area contributed by atoms with Crippen LogP contribution in [0.4, 0.5) is 4.79 Å². The first-order chi connectivity index (χ1) is 15.7. The number of hydrogen-bond acceptors (Lipinski definition) is 6. The van der Waals surface area contributed by atoms with Crippen LogP contribution in [-0.2, 0) is 19.1 Å². The van der Waals surface area contributed by atoms with Gasteiger partial charge < -0.3 is 30.3 Å². The third kappa shape index (κ3) is 5.32. The summed E-state index contributed by atoms with van der Waals surface area (Å²) in [4.78, 5) is 36.2. The van der Waals surface area contributed by atoms with Crippen molar-refractivity contribution in [3.05, 3.63) is 59.7 Å². The summed E-state index contributed by atoms with van der Waals surface area (Å²) >= 11 is 0. The number of amides is 2. The van der Waals surface area contributed by atoms with Gasteiger partial charge in [0, 0.05) is 13.0 Å². The molecule has 33 heavy (non-hydrogen) atoms. The van der Waals surface area contributed by atoms with Crippen molar-refractivity contribution in [2.75, 3.05) is 20.3 Å². The van der Waals surface area contributed by atoms with E-state index >= 15 is 0 Å². The van der Waals surface area contributed by atoms with E-state index in [0.717, 1.165) is 29.2 Å². The van der Waals surface area contributed by atoms with E-state index in [9.17, 15) is 19.5 Å². The summed E-state index contributed by atoms with van der Waals surface area (Å²) in [5.74, 6) is -2.33. The van der Waals surface area contributed by atoms with E-state index < -0.39 is 42.3 Å². The highest BCUT2D eigenvalue weighted by Crippen LogP contribution is 2.44. The number of carbonyl (C=O) groups is 3. The summed E-state index contributed by atoms with van der Waals surface area (Å²) in [7, 11) is 1.37. The average molecular weight is 456 g/mol. The van der Waals surface area contributed by atoms with E-state index in [-0.39, 0.29) is 12.5 Å². The first kappa shape index (κ1) is 24.2. The van der Waals surface area contributed by atoms with Crippen molar-refractivity contribution in [2.24, 2.45) is 0 Å². The number of alkyl carbamates (subject to hydrolysis) is 1. The van der Waals surface area contributed by atoms with Gasteiger partial charge in [-0.05, 0) is 36.1 Å². The van der Waals surface area contributed by atoms with Gasteiger partial charge in [-0.25, -0.2) is 9.59 Å². The number of aliphatic carboxylic acids is 1. The molecule has 0 saturated carbocycles. The molecule has 0 aliphatic heterocycles. The quantitative estimate of drug-likeness (QED) is 0.453. The molecule has 0 fully saturated rings. The molecule has 3 rings (SSSR count). The number of hydrogen-bond donors (Lipinski definition) is 4. The predicted octanol–water partition coefficient (Wildman–Crippen LogP) is 1.88. The van der Waals surface area contributed by atoms with Crippen LogP contribution in [0.5, 0.6) is 0 Å². The zero-order chi connectivity index (χ0) is 24.2. The maximum absolute atomic E-state index is 12.6. The average Bonchev–Trinajstić information content (AvgIpc) is 3.13. The van der Waals surface area contributed by atoms with E-state index in [0.29, 0.717) is 0 Å². The maximum atomic E-state index is 12.6. The van der Waals surface area contributed by atoms with Crippen molar-refractivity contribution in [2.45, 2.75) is 37.5 Å². The van der Waals surface area contributed by atoms with E-state index in [4.69, 9.17) is 14.6 Å². The summed E-state index contributed by atoms with van der Waals surface area (Å²) in [5.41, 5.74) is 2.15. The van der Waals surface area contributed by atoms with Gasteiger partial charge in [0.05, 0.1) is 12.6 Å². The Balaban J connectivity index is 1.65. The van der Waals surface area contributed by atoms with Crippen LogP contribution in [0.2, 0.25) is 0 Å². The molecule has 4 N–H and O–H groups in total. The standard InChI is InChI=1S/C24H28N2O7/c1-14(32-3)20(21(27)25-13-24(2,31)22(28)29)26-23(30)33-12-19-17-10-6-4-8-15(17)16-9-5-7-11-18(16)19/h4-11,14,19-20,31H,12-13H2,1-3H3,(H,25,27)(H,26,30)(H,28,29). The lowest BCUT2D eigenvalue weighted by atomic mass is 9.98. The van der Waals surface area contributed by atoms with Crippen LogP contribution in [0.1, 0.15) is 30.9 Å². The number of fused-ring (bicyclic) bond motifs is 3. The number of carboxylic acids is 1. The van der Waals surface area contributed by atoms with Crippen molar-refractivity contribution in [1.29, 1.82) is 0 Å². The van der Waals surface area contributed by atoms with Gasteiger partial charge in [-0.1, -0.05) is 48.5 Å². The molecule has 0 bridgehead atoms. The molecule has 2 aromatic rings. The molecule has 2 aromatic carbocycles. The van der Waals surface area contributed by atoms with Crippen LogP contribution in [-0.4, -0.2) is 66.2 Å². The molecule has 0 aromatic heterocycles. The molecule has 1 aliphatic rings. The van der Waals surface area contributed by atoms with Crippen LogP contribution in [0.3, 0.4) is 0 Å². The van der Waals surface area contributed by atoms with Gasteiger partial charge in [-0.2, -0.15) is 0 Å². The number of aliphatic hydroxyl groups is 1. The van der Waals surface area contributed by atoms with E-state index in [2.05, 4.69) is 10.6 Å². The Bertz CT molecular complexity index is 991. The molecule has 176 valence electrons. The maximum Gasteiger partial charge on any atom is 0.407 e.